The summed E-state index contributed by atoms with van der Waals surface area (Å²) >= 11 is 1.60. The molecule has 2 aromatic carbocycles. The summed E-state index contributed by atoms with van der Waals surface area (Å²) in [5, 5.41) is 12.7. The molecule has 1 N–H and O–H groups in total. The first kappa shape index (κ1) is 28.9. The van der Waals surface area contributed by atoms with Crippen LogP contribution in [-0.4, -0.2) is 56.6 Å². The number of carboxylic acid groups (broad SMARTS) is 1. The number of hydrogen-bond acceptors (Lipinski definition) is 7. The molecule has 3 atom stereocenters. The Balaban J connectivity index is 1.14. The molecule has 1 aliphatic carbocycles. The number of fused-ring (bicyclic) bond motifs is 2. The second kappa shape index (κ2) is 11.8. The molecule has 6 rings (SSSR count). The molecule has 0 spiro atoms. The van der Waals surface area contributed by atoms with Crippen molar-refractivity contribution in [2.45, 2.75) is 39.8 Å². The Morgan fingerprint density at radius 2 is 1.88 bits per heavy atom. The first-order valence-electron chi connectivity index (χ1n) is 14.7. The zero-order chi connectivity index (χ0) is 30.2. The van der Waals surface area contributed by atoms with Crippen LogP contribution in [0.3, 0.4) is 0 Å². The van der Waals surface area contributed by atoms with E-state index in [4.69, 9.17) is 9.72 Å². The van der Waals surface area contributed by atoms with E-state index >= 15 is 0 Å². The third kappa shape index (κ3) is 5.88. The molecule has 3 heterocycles. The summed E-state index contributed by atoms with van der Waals surface area (Å²) in [5.41, 5.74) is 5.53. The van der Waals surface area contributed by atoms with E-state index in [2.05, 4.69) is 28.3 Å². The fourth-order valence-corrected chi connectivity index (χ4v) is 7.33. The van der Waals surface area contributed by atoms with Crippen LogP contribution in [0.4, 0.5) is 5.13 Å². The average Bonchev–Trinajstić information content (AvgIpc) is 3.70. The number of ether oxygens (including phenoxy) is 1. The summed E-state index contributed by atoms with van der Waals surface area (Å²) in [4.78, 5) is 38.1. The molecular weight excluding hydrogens is 562 g/mol. The smallest absolute Gasteiger partial charge is 0.307 e. The largest absolute Gasteiger partial charge is 0.488 e. The van der Waals surface area contributed by atoms with Crippen molar-refractivity contribution < 1.29 is 19.4 Å². The molecule has 4 aromatic rings. The maximum Gasteiger partial charge on any atom is 0.307 e. The lowest BCUT2D eigenvalue weighted by Gasteiger charge is -2.35. The lowest BCUT2D eigenvalue weighted by atomic mass is 9.85. The van der Waals surface area contributed by atoms with E-state index in [0.717, 1.165) is 70.6 Å². The van der Waals surface area contributed by atoms with E-state index in [1.807, 2.05) is 55.1 Å². The van der Waals surface area contributed by atoms with Crippen LogP contribution >= 0.6 is 11.3 Å². The lowest BCUT2D eigenvalue weighted by molar-refractivity contribution is -0.144. The number of aryl methyl sites for hydroxylation is 3. The zero-order valence-corrected chi connectivity index (χ0v) is 25.8. The van der Waals surface area contributed by atoms with Gasteiger partial charge in [-0.2, -0.15) is 0 Å². The number of rotatable bonds is 9. The van der Waals surface area contributed by atoms with Crippen molar-refractivity contribution in [3.63, 3.8) is 0 Å². The van der Waals surface area contributed by atoms with Crippen molar-refractivity contribution in [2.75, 3.05) is 25.0 Å². The number of carboxylic acids is 1. The highest BCUT2D eigenvalue weighted by Crippen LogP contribution is 2.44. The van der Waals surface area contributed by atoms with Gasteiger partial charge in [-0.05, 0) is 73.9 Å². The molecule has 9 nitrogen and oxygen atoms in total. The number of aromatic nitrogens is 3. The second-order valence-corrected chi connectivity index (χ2v) is 12.8. The minimum atomic E-state index is -0.655. The predicted molar refractivity (Wildman–Crippen MR) is 166 cm³/mol. The van der Waals surface area contributed by atoms with Gasteiger partial charge in [0.05, 0.1) is 18.2 Å². The van der Waals surface area contributed by atoms with Crippen LogP contribution in [0.2, 0.25) is 0 Å². The second-order valence-electron chi connectivity index (χ2n) is 11.9. The van der Waals surface area contributed by atoms with E-state index in [0.29, 0.717) is 18.7 Å². The van der Waals surface area contributed by atoms with Crippen LogP contribution in [0, 0.1) is 31.6 Å². The van der Waals surface area contributed by atoms with Crippen LogP contribution in [0.1, 0.15) is 45.7 Å². The summed E-state index contributed by atoms with van der Waals surface area (Å²) in [6, 6.07) is 11.8. The standard InChI is InChI=1S/C33H37N5O4S/c1-20-5-10-28(26(13-20)27-19-43-33(35-27)38-15-23-7-8-24(16-38)30(23)32(40)41)42-18-25-9-6-22(14-21(25)2)31(39)37(4)17-29-34-11-12-36(29)3/h5-6,9-14,19,23-24,30H,7-8,15-18H2,1-4H3,(H,40,41)/t23-,24?,30?/m1/s1. The molecule has 43 heavy (non-hydrogen) atoms. The summed E-state index contributed by atoms with van der Waals surface area (Å²) < 4.78 is 8.27. The van der Waals surface area contributed by atoms with Gasteiger partial charge >= 0.3 is 5.97 Å². The Bertz CT molecular complexity index is 1650. The molecule has 224 valence electrons. The third-order valence-electron chi connectivity index (χ3n) is 8.91. The monoisotopic (exact) mass is 599 g/mol. The maximum absolute atomic E-state index is 13.1. The molecular formula is C33H37N5O4S. The number of aliphatic carboxylic acids is 1. The highest BCUT2D eigenvalue weighted by Gasteiger charge is 2.46. The number of imidazole rings is 1. The fraction of sp³-hybridized carbons (Fsp3) is 0.394. The number of nitrogens with zero attached hydrogens (tertiary/aromatic N) is 5. The van der Waals surface area contributed by atoms with E-state index < -0.39 is 5.97 Å². The highest BCUT2D eigenvalue weighted by molar-refractivity contribution is 7.14. The van der Waals surface area contributed by atoms with Crippen molar-refractivity contribution in [1.29, 1.82) is 0 Å². The van der Waals surface area contributed by atoms with Gasteiger partial charge < -0.3 is 24.2 Å². The fourth-order valence-electron chi connectivity index (χ4n) is 6.48. The van der Waals surface area contributed by atoms with Gasteiger partial charge in [0.15, 0.2) is 5.13 Å². The average molecular weight is 600 g/mol. The Morgan fingerprint density at radius 1 is 1.12 bits per heavy atom. The molecule has 1 saturated carbocycles. The van der Waals surface area contributed by atoms with Crippen LogP contribution in [-0.2, 0) is 25.0 Å². The SMILES string of the molecule is Cc1ccc(OCc2ccc(C(=O)N(C)Cc3nccn3C)cc2C)c(-c2csc(N3CC4CC[C@H](C3)C4C(=O)O)n2)c1. The number of thiazole rings is 1. The summed E-state index contributed by atoms with van der Waals surface area (Å²) in [7, 11) is 3.71. The van der Waals surface area contributed by atoms with Gasteiger partial charge in [0.2, 0.25) is 0 Å². The first-order chi connectivity index (χ1) is 20.7. The van der Waals surface area contributed by atoms with E-state index in [1.54, 1.807) is 29.5 Å². The van der Waals surface area contributed by atoms with Crippen LogP contribution < -0.4 is 9.64 Å². The normalized spacial score (nSPS) is 19.4. The Hall–Kier alpha value is -4.18. The molecule has 2 aliphatic rings. The molecule has 2 unspecified atom stereocenters. The molecule has 2 bridgehead atoms. The van der Waals surface area contributed by atoms with Gasteiger partial charge in [0.25, 0.3) is 5.91 Å². The highest BCUT2D eigenvalue weighted by atomic mass is 32.1. The number of benzene rings is 2. The third-order valence-corrected chi connectivity index (χ3v) is 9.81. The molecule has 1 aliphatic heterocycles. The molecule has 10 heteroatoms. The van der Waals surface area contributed by atoms with Gasteiger partial charge in [-0.25, -0.2) is 9.97 Å². The van der Waals surface area contributed by atoms with E-state index in [1.165, 1.54) is 0 Å². The topological polar surface area (TPSA) is 101 Å². The molecule has 2 aromatic heterocycles. The van der Waals surface area contributed by atoms with Gasteiger partial charge in [-0.3, -0.25) is 9.59 Å². The minimum absolute atomic E-state index is 0.0566. The van der Waals surface area contributed by atoms with Gasteiger partial charge in [-0.15, -0.1) is 11.3 Å². The Morgan fingerprint density at radius 3 is 2.56 bits per heavy atom. The number of carbonyl (C=O) groups excluding carboxylic acids is 1. The number of amides is 1. The van der Waals surface area contributed by atoms with Crippen LogP contribution in [0.25, 0.3) is 11.3 Å². The van der Waals surface area contributed by atoms with Crippen molar-refractivity contribution in [3.8, 4) is 17.0 Å². The maximum atomic E-state index is 13.1. The van der Waals surface area contributed by atoms with E-state index in [9.17, 15) is 14.7 Å². The minimum Gasteiger partial charge on any atom is -0.488 e. The number of carbonyl (C=O) groups is 2. The van der Waals surface area contributed by atoms with Crippen molar-refractivity contribution in [1.82, 2.24) is 19.4 Å². The van der Waals surface area contributed by atoms with Crippen molar-refractivity contribution in [3.05, 3.63) is 82.3 Å². The van der Waals surface area contributed by atoms with Gasteiger partial charge in [-0.1, -0.05) is 17.7 Å². The van der Waals surface area contributed by atoms with Gasteiger partial charge in [0, 0.05) is 56.1 Å². The van der Waals surface area contributed by atoms with E-state index in [-0.39, 0.29) is 23.7 Å². The van der Waals surface area contributed by atoms with Crippen LogP contribution in [0.15, 0.2) is 54.2 Å². The zero-order valence-electron chi connectivity index (χ0n) is 25.0. The summed E-state index contributed by atoms with van der Waals surface area (Å²) in [6.07, 6.45) is 5.55. The Kier molecular flexibility index (Phi) is 7.96. The number of piperidine rings is 1. The number of hydrogen-bond donors (Lipinski definition) is 1. The lowest BCUT2D eigenvalue weighted by Crippen LogP contribution is -2.44. The quantitative estimate of drug-likeness (QED) is 0.269. The summed E-state index contributed by atoms with van der Waals surface area (Å²) in [5.74, 6) is 1.02. The molecule has 2 fully saturated rings. The first-order valence-corrected chi connectivity index (χ1v) is 15.5. The number of anilines is 1. The summed E-state index contributed by atoms with van der Waals surface area (Å²) in [6.45, 7) is 6.34. The molecule has 1 amide bonds. The van der Waals surface area contributed by atoms with Crippen molar-refractivity contribution >= 4 is 28.3 Å². The van der Waals surface area contributed by atoms with Crippen molar-refractivity contribution in [2.24, 2.45) is 24.8 Å². The molecule has 1 saturated heterocycles. The predicted octanol–water partition coefficient (Wildman–Crippen LogP) is 5.56. The molecule has 0 radical (unpaired) electrons. The van der Waals surface area contributed by atoms with Gasteiger partial charge in [0.1, 0.15) is 18.2 Å². The van der Waals surface area contributed by atoms with Crippen LogP contribution in [0.5, 0.6) is 5.75 Å². The Labute approximate surface area is 255 Å².